The summed E-state index contributed by atoms with van der Waals surface area (Å²) in [5.41, 5.74) is -0.768. The maximum absolute atomic E-state index is 12.1. The Kier molecular flexibility index (Phi) is 3.14. The number of hydrogen-bond donors (Lipinski definition) is 0. The van der Waals surface area contributed by atoms with Crippen LogP contribution in [0, 0.1) is 6.07 Å². The van der Waals surface area contributed by atoms with Gasteiger partial charge in [-0.1, -0.05) is 11.6 Å². The first-order chi connectivity index (χ1) is 5.95. The number of rotatable bonds is 1. The highest BCUT2D eigenvalue weighted by atomic mass is 35.5. The molecule has 0 saturated heterocycles. The van der Waals surface area contributed by atoms with Crippen molar-refractivity contribution in [1.29, 1.82) is 0 Å². The van der Waals surface area contributed by atoms with E-state index in [2.05, 4.69) is 6.07 Å². The predicted octanol–water partition coefficient (Wildman–Crippen LogP) is 3.88. The molecule has 0 bridgehead atoms. The van der Waals surface area contributed by atoms with Gasteiger partial charge in [0.1, 0.15) is 0 Å². The van der Waals surface area contributed by atoms with E-state index in [0.717, 1.165) is 12.1 Å². The van der Waals surface area contributed by atoms with E-state index in [4.69, 9.17) is 11.6 Å². The number of alkyl halides is 3. The molecule has 0 aromatic heterocycles. The van der Waals surface area contributed by atoms with Crippen molar-refractivity contribution >= 4 is 23.4 Å². The minimum atomic E-state index is -4.35. The fraction of sp³-hybridized carbons (Fsp3) is 0.250. The third-order valence-corrected chi connectivity index (χ3v) is 2.55. The van der Waals surface area contributed by atoms with Gasteiger partial charge in [0, 0.05) is 4.90 Å². The standard InChI is InChI=1S/C8H5ClF3S/c1-13-7-3-2-5(4-6(7)9)8(10,11)12/h2,4H,1H3. The summed E-state index contributed by atoms with van der Waals surface area (Å²) >= 11 is 6.84. The van der Waals surface area contributed by atoms with Gasteiger partial charge in [-0.15, -0.1) is 11.8 Å². The molecule has 0 amide bonds. The molecule has 0 aliphatic carbocycles. The molecule has 0 heterocycles. The van der Waals surface area contributed by atoms with E-state index in [-0.39, 0.29) is 5.02 Å². The van der Waals surface area contributed by atoms with Crippen LogP contribution in [-0.2, 0) is 6.18 Å². The van der Waals surface area contributed by atoms with E-state index in [1.807, 2.05) is 0 Å². The van der Waals surface area contributed by atoms with Crippen LogP contribution in [-0.4, -0.2) is 6.26 Å². The van der Waals surface area contributed by atoms with Crippen molar-refractivity contribution in [3.63, 3.8) is 0 Å². The smallest absolute Gasteiger partial charge is 0.166 e. The molecule has 0 nitrogen and oxygen atoms in total. The Morgan fingerprint density at radius 1 is 1.46 bits per heavy atom. The quantitative estimate of drug-likeness (QED) is 0.654. The van der Waals surface area contributed by atoms with Crippen molar-refractivity contribution in [1.82, 2.24) is 0 Å². The third kappa shape index (κ3) is 2.54. The largest absolute Gasteiger partial charge is 0.416 e. The monoisotopic (exact) mass is 225 g/mol. The van der Waals surface area contributed by atoms with Crippen LogP contribution < -0.4 is 0 Å². The van der Waals surface area contributed by atoms with Crippen molar-refractivity contribution in [2.75, 3.05) is 6.26 Å². The molecule has 0 aliphatic rings. The van der Waals surface area contributed by atoms with Gasteiger partial charge in [0.25, 0.3) is 0 Å². The van der Waals surface area contributed by atoms with Gasteiger partial charge in [-0.2, -0.15) is 13.2 Å². The fourth-order valence-electron chi connectivity index (χ4n) is 0.776. The van der Waals surface area contributed by atoms with Crippen LogP contribution in [0.4, 0.5) is 13.2 Å². The van der Waals surface area contributed by atoms with E-state index >= 15 is 0 Å². The lowest BCUT2D eigenvalue weighted by molar-refractivity contribution is -0.137. The Balaban J connectivity index is 3.10. The van der Waals surface area contributed by atoms with Crippen LogP contribution >= 0.6 is 23.4 Å². The third-order valence-electron chi connectivity index (χ3n) is 1.39. The molecule has 71 valence electrons. The molecule has 1 radical (unpaired) electrons. The first-order valence-corrected chi connectivity index (χ1v) is 4.88. The molecule has 1 aromatic rings. The molecule has 0 fully saturated rings. The van der Waals surface area contributed by atoms with Gasteiger partial charge < -0.3 is 0 Å². The Bertz CT molecular complexity index is 309. The average molecular weight is 226 g/mol. The second-order valence-electron chi connectivity index (χ2n) is 2.27. The van der Waals surface area contributed by atoms with E-state index in [0.29, 0.717) is 4.90 Å². The highest BCUT2D eigenvalue weighted by molar-refractivity contribution is 7.98. The normalized spacial score (nSPS) is 11.8. The molecule has 0 aliphatic heterocycles. The molecular formula is C8H5ClF3S. The highest BCUT2D eigenvalue weighted by Crippen LogP contribution is 2.34. The summed E-state index contributed by atoms with van der Waals surface area (Å²) in [5, 5.41) is 0.0855. The van der Waals surface area contributed by atoms with Crippen LogP contribution in [0.3, 0.4) is 0 Å². The topological polar surface area (TPSA) is 0 Å². The molecule has 0 atom stereocenters. The first kappa shape index (κ1) is 10.7. The van der Waals surface area contributed by atoms with E-state index in [1.165, 1.54) is 11.8 Å². The van der Waals surface area contributed by atoms with Gasteiger partial charge in [-0.25, -0.2) is 0 Å². The lowest BCUT2D eigenvalue weighted by atomic mass is 10.2. The van der Waals surface area contributed by atoms with Crippen molar-refractivity contribution < 1.29 is 13.2 Å². The van der Waals surface area contributed by atoms with Crippen molar-refractivity contribution in [3.05, 3.63) is 28.8 Å². The molecule has 13 heavy (non-hydrogen) atoms. The maximum atomic E-state index is 12.1. The van der Waals surface area contributed by atoms with Gasteiger partial charge in [0.15, 0.2) is 0 Å². The minimum Gasteiger partial charge on any atom is -0.166 e. The minimum absolute atomic E-state index is 0.0855. The summed E-state index contributed by atoms with van der Waals surface area (Å²) in [6, 6.07) is 4.28. The molecule has 1 rings (SSSR count). The summed E-state index contributed by atoms with van der Waals surface area (Å²) in [7, 11) is 0. The summed E-state index contributed by atoms with van der Waals surface area (Å²) in [5.74, 6) is 0. The predicted molar refractivity (Wildman–Crippen MR) is 47.1 cm³/mol. The second kappa shape index (κ2) is 3.80. The van der Waals surface area contributed by atoms with Crippen molar-refractivity contribution in [2.45, 2.75) is 11.1 Å². The Labute approximate surface area is 83.1 Å². The van der Waals surface area contributed by atoms with Gasteiger partial charge in [0.2, 0.25) is 0 Å². The molecule has 0 spiro atoms. The number of thioether (sulfide) groups is 1. The zero-order valence-corrected chi connectivity index (χ0v) is 8.15. The summed E-state index contributed by atoms with van der Waals surface area (Å²) in [6.45, 7) is 0. The van der Waals surface area contributed by atoms with Crippen LogP contribution in [0.15, 0.2) is 17.0 Å². The summed E-state index contributed by atoms with van der Waals surface area (Å²) in [4.78, 5) is 0.523. The molecule has 0 saturated carbocycles. The van der Waals surface area contributed by atoms with Gasteiger partial charge in [-0.05, 0) is 24.5 Å². The second-order valence-corrected chi connectivity index (χ2v) is 3.49. The molecule has 0 N–H and O–H groups in total. The van der Waals surface area contributed by atoms with E-state index in [9.17, 15) is 13.2 Å². The lowest BCUT2D eigenvalue weighted by Crippen LogP contribution is -2.04. The van der Waals surface area contributed by atoms with Gasteiger partial charge in [0.05, 0.1) is 10.6 Å². The Hall–Kier alpha value is -0.350. The molecular weight excluding hydrogens is 221 g/mol. The fourth-order valence-corrected chi connectivity index (χ4v) is 1.61. The maximum Gasteiger partial charge on any atom is 0.416 e. The lowest BCUT2D eigenvalue weighted by Gasteiger charge is -2.07. The highest BCUT2D eigenvalue weighted by Gasteiger charge is 2.30. The van der Waals surface area contributed by atoms with Crippen LogP contribution in [0.1, 0.15) is 5.56 Å². The summed E-state index contributed by atoms with van der Waals surface area (Å²) in [6.07, 6.45) is -2.62. The average Bonchev–Trinajstić information content (AvgIpc) is 2.02. The van der Waals surface area contributed by atoms with Crippen molar-refractivity contribution in [2.24, 2.45) is 0 Å². The van der Waals surface area contributed by atoms with Crippen LogP contribution in [0.2, 0.25) is 5.02 Å². The zero-order chi connectivity index (χ0) is 10.1. The molecule has 1 aromatic carbocycles. The zero-order valence-electron chi connectivity index (χ0n) is 6.57. The van der Waals surface area contributed by atoms with Crippen molar-refractivity contribution in [3.8, 4) is 0 Å². The van der Waals surface area contributed by atoms with Gasteiger partial charge in [-0.3, -0.25) is 0 Å². The van der Waals surface area contributed by atoms with Crippen LogP contribution in [0.5, 0.6) is 0 Å². The Morgan fingerprint density at radius 2 is 2.08 bits per heavy atom. The number of halogens is 4. The number of hydrogen-bond acceptors (Lipinski definition) is 1. The Morgan fingerprint density at radius 3 is 2.46 bits per heavy atom. The SMILES string of the molecule is CSc1[c]cc(C(F)(F)F)cc1Cl. The van der Waals surface area contributed by atoms with Crippen LogP contribution in [0.25, 0.3) is 0 Å². The first-order valence-electron chi connectivity index (χ1n) is 3.27. The number of benzene rings is 1. The van der Waals surface area contributed by atoms with Gasteiger partial charge >= 0.3 is 6.18 Å². The molecule has 0 unspecified atom stereocenters. The van der Waals surface area contributed by atoms with E-state index < -0.39 is 11.7 Å². The molecule has 5 heteroatoms. The van der Waals surface area contributed by atoms with E-state index in [1.54, 1.807) is 6.26 Å². The summed E-state index contributed by atoms with van der Waals surface area (Å²) < 4.78 is 36.4.